The average molecular weight is 299 g/mol. The van der Waals surface area contributed by atoms with Crippen molar-refractivity contribution in [3.63, 3.8) is 0 Å². The van der Waals surface area contributed by atoms with Crippen LogP contribution >= 0.6 is 0 Å². The monoisotopic (exact) mass is 299 g/mol. The summed E-state index contributed by atoms with van der Waals surface area (Å²) in [7, 11) is 0. The Morgan fingerprint density at radius 3 is 2.91 bits per heavy atom. The van der Waals surface area contributed by atoms with Gasteiger partial charge in [0.05, 0.1) is 0 Å². The van der Waals surface area contributed by atoms with Gasteiger partial charge in [-0.1, -0.05) is 23.8 Å². The molecule has 0 spiro atoms. The van der Waals surface area contributed by atoms with Gasteiger partial charge >= 0.3 is 0 Å². The Kier molecular flexibility index (Phi) is 5.24. The molecule has 4 nitrogen and oxygen atoms in total. The average Bonchev–Trinajstić information content (AvgIpc) is 3.07. The van der Waals surface area contributed by atoms with E-state index in [1.807, 2.05) is 18.2 Å². The van der Waals surface area contributed by atoms with Crippen LogP contribution in [0.4, 0.5) is 0 Å². The van der Waals surface area contributed by atoms with Crippen LogP contribution in [0.3, 0.4) is 0 Å². The second-order valence-corrected chi connectivity index (χ2v) is 6.18. The normalized spacial score (nSPS) is 19.0. The highest BCUT2D eigenvalue weighted by Gasteiger charge is 2.13. The second kappa shape index (κ2) is 7.56. The maximum Gasteiger partial charge on any atom is 0.251 e. The van der Waals surface area contributed by atoms with Crippen molar-refractivity contribution in [1.29, 1.82) is 0 Å². The molecule has 4 heteroatoms. The molecule has 22 heavy (non-hydrogen) atoms. The molecule has 3 rings (SSSR count). The van der Waals surface area contributed by atoms with Gasteiger partial charge in [0.15, 0.2) is 0 Å². The molecule has 0 atom stereocenters. The third-order valence-corrected chi connectivity index (χ3v) is 4.43. The summed E-state index contributed by atoms with van der Waals surface area (Å²) in [6, 6.07) is 8.04. The van der Waals surface area contributed by atoms with Crippen LogP contribution in [-0.2, 0) is 6.54 Å². The summed E-state index contributed by atoms with van der Waals surface area (Å²) in [6.07, 6.45) is 5.79. The lowest BCUT2D eigenvalue weighted by atomic mass is 10.1. The topological polar surface area (TPSA) is 44.4 Å². The van der Waals surface area contributed by atoms with E-state index in [0.717, 1.165) is 31.6 Å². The van der Waals surface area contributed by atoms with Gasteiger partial charge in [0, 0.05) is 25.2 Å². The second-order valence-electron chi connectivity index (χ2n) is 6.18. The quantitative estimate of drug-likeness (QED) is 0.817. The van der Waals surface area contributed by atoms with Crippen molar-refractivity contribution in [3.05, 3.63) is 47.0 Å². The SMILES string of the molecule is O=C(NCC1=CCNCC1)c1cccc(CN2CCCC2)c1. The molecular weight excluding hydrogens is 274 g/mol. The van der Waals surface area contributed by atoms with E-state index in [-0.39, 0.29) is 5.91 Å². The van der Waals surface area contributed by atoms with Gasteiger partial charge in [-0.2, -0.15) is 0 Å². The molecule has 0 radical (unpaired) electrons. The van der Waals surface area contributed by atoms with Gasteiger partial charge in [-0.05, 0) is 56.6 Å². The molecule has 0 aromatic heterocycles. The van der Waals surface area contributed by atoms with Crippen LogP contribution in [0.25, 0.3) is 0 Å². The van der Waals surface area contributed by atoms with Gasteiger partial charge in [-0.3, -0.25) is 9.69 Å². The van der Waals surface area contributed by atoms with Gasteiger partial charge in [0.2, 0.25) is 0 Å². The van der Waals surface area contributed by atoms with Crippen molar-refractivity contribution in [1.82, 2.24) is 15.5 Å². The van der Waals surface area contributed by atoms with Crippen LogP contribution in [0, 0.1) is 0 Å². The van der Waals surface area contributed by atoms with E-state index >= 15 is 0 Å². The van der Waals surface area contributed by atoms with Crippen molar-refractivity contribution in [3.8, 4) is 0 Å². The summed E-state index contributed by atoms with van der Waals surface area (Å²) in [5, 5.41) is 6.32. The first-order chi connectivity index (χ1) is 10.8. The predicted octanol–water partition coefficient (Wildman–Crippen LogP) is 1.93. The zero-order valence-electron chi connectivity index (χ0n) is 13.1. The molecule has 0 saturated carbocycles. The number of rotatable bonds is 5. The predicted molar refractivity (Wildman–Crippen MR) is 88.9 cm³/mol. The molecule has 0 bridgehead atoms. The van der Waals surface area contributed by atoms with Crippen LogP contribution in [0.5, 0.6) is 0 Å². The minimum Gasteiger partial charge on any atom is -0.348 e. The summed E-state index contributed by atoms with van der Waals surface area (Å²) >= 11 is 0. The highest BCUT2D eigenvalue weighted by atomic mass is 16.1. The number of likely N-dealkylation sites (tertiary alicyclic amines) is 1. The Morgan fingerprint density at radius 2 is 2.14 bits per heavy atom. The van der Waals surface area contributed by atoms with E-state index in [2.05, 4.69) is 27.7 Å². The molecular formula is C18H25N3O. The first-order valence-electron chi connectivity index (χ1n) is 8.29. The minimum absolute atomic E-state index is 0.0303. The molecule has 1 fully saturated rings. The van der Waals surface area contributed by atoms with Crippen LogP contribution in [-0.4, -0.2) is 43.5 Å². The number of carbonyl (C=O) groups excluding carboxylic acids is 1. The van der Waals surface area contributed by atoms with Crippen molar-refractivity contribution < 1.29 is 4.79 Å². The summed E-state index contributed by atoms with van der Waals surface area (Å²) in [5.41, 5.74) is 3.32. The van der Waals surface area contributed by atoms with Gasteiger partial charge in [-0.15, -0.1) is 0 Å². The van der Waals surface area contributed by atoms with Gasteiger partial charge in [0.1, 0.15) is 0 Å². The fourth-order valence-corrected chi connectivity index (χ4v) is 3.14. The molecule has 2 aliphatic heterocycles. The van der Waals surface area contributed by atoms with Gasteiger partial charge in [-0.25, -0.2) is 0 Å². The Hall–Kier alpha value is -1.65. The van der Waals surface area contributed by atoms with Crippen molar-refractivity contribution in [2.45, 2.75) is 25.8 Å². The highest BCUT2D eigenvalue weighted by Crippen LogP contribution is 2.14. The number of hydrogen-bond acceptors (Lipinski definition) is 3. The van der Waals surface area contributed by atoms with Crippen LogP contribution in [0.15, 0.2) is 35.9 Å². The molecule has 1 amide bonds. The number of nitrogens with zero attached hydrogens (tertiary/aromatic N) is 1. The Labute approximate surface area is 132 Å². The van der Waals surface area contributed by atoms with Crippen molar-refractivity contribution in [2.75, 3.05) is 32.7 Å². The standard InChI is InChI=1S/C18H25N3O/c22-18(20-13-15-6-8-19-9-7-15)17-5-3-4-16(12-17)14-21-10-1-2-11-21/h3-6,12,19H,1-2,7-11,13-14H2,(H,20,22). The summed E-state index contributed by atoms with van der Waals surface area (Å²) < 4.78 is 0. The molecule has 118 valence electrons. The summed E-state index contributed by atoms with van der Waals surface area (Å²) in [6.45, 7) is 5.90. The maximum atomic E-state index is 12.3. The minimum atomic E-state index is 0.0303. The Bertz CT molecular complexity index is 547. The van der Waals surface area contributed by atoms with Crippen LogP contribution in [0.2, 0.25) is 0 Å². The van der Waals surface area contributed by atoms with E-state index in [1.165, 1.54) is 37.1 Å². The van der Waals surface area contributed by atoms with Crippen molar-refractivity contribution in [2.24, 2.45) is 0 Å². The van der Waals surface area contributed by atoms with E-state index in [1.54, 1.807) is 0 Å². The third-order valence-electron chi connectivity index (χ3n) is 4.43. The van der Waals surface area contributed by atoms with Gasteiger partial charge in [0.25, 0.3) is 5.91 Å². The van der Waals surface area contributed by atoms with Crippen LogP contribution < -0.4 is 10.6 Å². The van der Waals surface area contributed by atoms with E-state index < -0.39 is 0 Å². The number of hydrogen-bond donors (Lipinski definition) is 2. The third kappa shape index (κ3) is 4.18. The largest absolute Gasteiger partial charge is 0.348 e. The molecule has 2 heterocycles. The lowest BCUT2D eigenvalue weighted by Crippen LogP contribution is -2.29. The number of carbonyl (C=O) groups is 1. The van der Waals surface area contributed by atoms with E-state index in [9.17, 15) is 4.79 Å². The van der Waals surface area contributed by atoms with E-state index in [4.69, 9.17) is 0 Å². The lowest BCUT2D eigenvalue weighted by Gasteiger charge is -2.16. The van der Waals surface area contributed by atoms with Crippen LogP contribution in [0.1, 0.15) is 35.2 Å². The smallest absolute Gasteiger partial charge is 0.251 e. The summed E-state index contributed by atoms with van der Waals surface area (Å²) in [5.74, 6) is 0.0303. The first-order valence-corrected chi connectivity index (χ1v) is 8.29. The van der Waals surface area contributed by atoms with Crippen molar-refractivity contribution >= 4 is 5.91 Å². The summed E-state index contributed by atoms with van der Waals surface area (Å²) in [4.78, 5) is 14.8. The number of benzene rings is 1. The van der Waals surface area contributed by atoms with Gasteiger partial charge < -0.3 is 10.6 Å². The molecule has 2 aliphatic rings. The number of nitrogens with one attached hydrogen (secondary N) is 2. The molecule has 0 aliphatic carbocycles. The fourth-order valence-electron chi connectivity index (χ4n) is 3.14. The molecule has 1 aromatic carbocycles. The molecule has 2 N–H and O–H groups in total. The molecule has 1 aromatic rings. The lowest BCUT2D eigenvalue weighted by molar-refractivity contribution is 0.0956. The fraction of sp³-hybridized carbons (Fsp3) is 0.500. The first kappa shape index (κ1) is 15.3. The molecule has 1 saturated heterocycles. The Morgan fingerprint density at radius 1 is 1.27 bits per heavy atom. The Balaban J connectivity index is 1.56. The molecule has 0 unspecified atom stereocenters. The van der Waals surface area contributed by atoms with E-state index in [0.29, 0.717) is 6.54 Å². The zero-order chi connectivity index (χ0) is 15.2. The maximum absolute atomic E-state index is 12.3. The zero-order valence-corrected chi connectivity index (χ0v) is 13.1. The number of amides is 1. The highest BCUT2D eigenvalue weighted by molar-refractivity contribution is 5.94.